The molecule has 186 valence electrons. The fourth-order valence-corrected chi connectivity index (χ4v) is 4.34. The van der Waals surface area contributed by atoms with Crippen LogP contribution in [-0.4, -0.2) is 52.3 Å². The van der Waals surface area contributed by atoms with Crippen LogP contribution in [-0.2, 0) is 16.0 Å². The number of carbonyl (C=O) groups excluding carboxylic acids is 3. The van der Waals surface area contributed by atoms with E-state index in [-0.39, 0.29) is 25.5 Å². The molecule has 0 bridgehead atoms. The lowest BCUT2D eigenvalue weighted by Gasteiger charge is -2.30. The zero-order valence-electron chi connectivity index (χ0n) is 20.3. The second kappa shape index (κ2) is 11.5. The second-order valence-electron chi connectivity index (χ2n) is 8.13. The third-order valence-electron chi connectivity index (χ3n) is 5.83. The van der Waals surface area contributed by atoms with Crippen molar-refractivity contribution in [3.05, 3.63) is 108 Å². The average molecular weight is 488 g/mol. The first-order chi connectivity index (χ1) is 17.6. The van der Waals surface area contributed by atoms with Crippen LogP contribution in [0.2, 0.25) is 0 Å². The van der Waals surface area contributed by atoms with Gasteiger partial charge in [-0.1, -0.05) is 91.0 Å². The van der Waals surface area contributed by atoms with Gasteiger partial charge in [0.15, 0.2) is 6.17 Å². The van der Waals surface area contributed by atoms with E-state index in [0.29, 0.717) is 5.56 Å². The van der Waals surface area contributed by atoms with Gasteiger partial charge < -0.3 is 9.47 Å². The van der Waals surface area contributed by atoms with Crippen molar-refractivity contribution >= 4 is 18.0 Å². The second-order valence-corrected chi connectivity index (χ2v) is 8.13. The van der Waals surface area contributed by atoms with Gasteiger partial charge in [-0.25, -0.2) is 14.5 Å². The molecule has 8 nitrogen and oxygen atoms in total. The summed E-state index contributed by atoms with van der Waals surface area (Å²) in [7, 11) is 0. The molecule has 0 radical (unpaired) electrons. The maximum atomic E-state index is 14.0. The molecule has 0 saturated carbocycles. The Morgan fingerprint density at radius 1 is 0.694 bits per heavy atom. The molecule has 2 amide bonds. The summed E-state index contributed by atoms with van der Waals surface area (Å²) in [6.45, 7) is 3.83. The van der Waals surface area contributed by atoms with Crippen LogP contribution in [0.5, 0.6) is 0 Å². The Bertz CT molecular complexity index is 1170. The van der Waals surface area contributed by atoms with Gasteiger partial charge in [0.2, 0.25) is 5.78 Å². The van der Waals surface area contributed by atoms with Crippen molar-refractivity contribution < 1.29 is 23.9 Å². The first kappa shape index (κ1) is 24.9. The summed E-state index contributed by atoms with van der Waals surface area (Å²) in [6, 6.07) is 27.6. The number of carbonyl (C=O) groups is 3. The van der Waals surface area contributed by atoms with E-state index in [1.54, 1.807) is 38.1 Å². The van der Waals surface area contributed by atoms with E-state index < -0.39 is 24.5 Å². The SMILES string of the molecule is CCOC(=O)N1C(C(=O)c2ccccc2)N(Cc2ccccc2)C(c2ccccc2)N1C(=O)OCC. The molecule has 4 rings (SSSR count). The third kappa shape index (κ3) is 5.08. The van der Waals surface area contributed by atoms with Crippen molar-refractivity contribution in [2.45, 2.75) is 32.7 Å². The molecule has 2 atom stereocenters. The van der Waals surface area contributed by atoms with E-state index in [9.17, 15) is 14.4 Å². The van der Waals surface area contributed by atoms with E-state index in [1.807, 2.05) is 71.6 Å². The minimum atomic E-state index is -1.15. The van der Waals surface area contributed by atoms with Gasteiger partial charge in [0.1, 0.15) is 6.17 Å². The highest BCUT2D eigenvalue weighted by molar-refractivity contribution is 6.01. The largest absolute Gasteiger partial charge is 0.448 e. The minimum Gasteiger partial charge on any atom is -0.448 e. The van der Waals surface area contributed by atoms with E-state index in [2.05, 4.69) is 0 Å². The molecule has 1 aliphatic heterocycles. The Morgan fingerprint density at radius 2 is 1.19 bits per heavy atom. The number of ketones is 1. The summed E-state index contributed by atoms with van der Waals surface area (Å²) in [4.78, 5) is 42.6. The fraction of sp³-hybridized carbons (Fsp3) is 0.250. The van der Waals surface area contributed by atoms with Crippen LogP contribution in [0.4, 0.5) is 9.59 Å². The number of amides is 2. The van der Waals surface area contributed by atoms with Crippen LogP contribution in [0, 0.1) is 0 Å². The maximum absolute atomic E-state index is 14.0. The number of hydrogen-bond acceptors (Lipinski definition) is 6. The summed E-state index contributed by atoms with van der Waals surface area (Å²) in [5, 5.41) is 2.29. The number of hydrogen-bond donors (Lipinski definition) is 0. The highest BCUT2D eigenvalue weighted by Crippen LogP contribution is 2.40. The molecular weight excluding hydrogens is 458 g/mol. The molecule has 3 aromatic carbocycles. The van der Waals surface area contributed by atoms with Crippen molar-refractivity contribution in [1.82, 2.24) is 14.9 Å². The molecular formula is C28H29N3O5. The molecule has 8 heteroatoms. The Hall–Kier alpha value is -4.17. The number of Topliss-reactive ketones (excluding diaryl/α,β-unsaturated/α-hetero) is 1. The summed E-state index contributed by atoms with van der Waals surface area (Å²) in [6.07, 6.45) is -3.51. The van der Waals surface area contributed by atoms with Gasteiger partial charge in [-0.2, -0.15) is 10.0 Å². The smallest absolute Gasteiger partial charge is 0.431 e. The first-order valence-corrected chi connectivity index (χ1v) is 11.9. The highest BCUT2D eigenvalue weighted by Gasteiger charge is 2.55. The lowest BCUT2D eigenvalue weighted by atomic mass is 10.1. The number of benzene rings is 3. The third-order valence-corrected chi connectivity index (χ3v) is 5.83. The van der Waals surface area contributed by atoms with Crippen LogP contribution in [0.25, 0.3) is 0 Å². The molecule has 0 aromatic heterocycles. The molecule has 0 spiro atoms. The maximum Gasteiger partial charge on any atom is 0.431 e. The quantitative estimate of drug-likeness (QED) is 0.424. The average Bonchev–Trinajstić information content (AvgIpc) is 3.25. The van der Waals surface area contributed by atoms with Gasteiger partial charge in [0.25, 0.3) is 0 Å². The summed E-state index contributed by atoms with van der Waals surface area (Å²) < 4.78 is 10.7. The monoisotopic (exact) mass is 487 g/mol. The molecule has 36 heavy (non-hydrogen) atoms. The van der Waals surface area contributed by atoms with Crippen molar-refractivity contribution in [3.8, 4) is 0 Å². The summed E-state index contributed by atoms with van der Waals surface area (Å²) >= 11 is 0. The van der Waals surface area contributed by atoms with E-state index >= 15 is 0 Å². The van der Waals surface area contributed by atoms with Gasteiger partial charge in [-0.3, -0.25) is 4.79 Å². The number of nitrogens with zero attached hydrogens (tertiary/aromatic N) is 3. The number of hydrazine groups is 1. The number of ether oxygens (including phenoxy) is 2. The van der Waals surface area contributed by atoms with Gasteiger partial charge in [0, 0.05) is 12.1 Å². The van der Waals surface area contributed by atoms with Gasteiger partial charge in [0.05, 0.1) is 13.2 Å². The minimum absolute atomic E-state index is 0.0763. The zero-order chi connectivity index (χ0) is 25.5. The lowest BCUT2D eigenvalue weighted by Crippen LogP contribution is -2.52. The van der Waals surface area contributed by atoms with Crippen LogP contribution >= 0.6 is 0 Å². The molecule has 3 aromatic rings. The molecule has 1 aliphatic rings. The molecule has 1 fully saturated rings. The topological polar surface area (TPSA) is 79.4 Å². The van der Waals surface area contributed by atoms with Crippen molar-refractivity contribution in [3.63, 3.8) is 0 Å². The van der Waals surface area contributed by atoms with Crippen LogP contribution < -0.4 is 0 Å². The van der Waals surface area contributed by atoms with Gasteiger partial charge in [-0.15, -0.1) is 0 Å². The molecule has 0 N–H and O–H groups in total. The van der Waals surface area contributed by atoms with Crippen LogP contribution in [0.15, 0.2) is 91.0 Å². The van der Waals surface area contributed by atoms with Crippen molar-refractivity contribution in [2.24, 2.45) is 0 Å². The normalized spacial score (nSPS) is 17.6. The molecule has 0 aliphatic carbocycles. The van der Waals surface area contributed by atoms with Crippen LogP contribution in [0.3, 0.4) is 0 Å². The standard InChI is InChI=1S/C28H29N3O5/c1-3-35-27(33)30-25(23-18-12-7-13-19-23)29(20-21-14-8-5-9-15-21)26(31(30)28(34)36-4-2)24(32)22-16-10-6-11-17-22/h5-19,25-26H,3-4,20H2,1-2H3. The summed E-state index contributed by atoms with van der Waals surface area (Å²) in [5.74, 6) is -0.340. The number of rotatable bonds is 7. The predicted octanol–water partition coefficient (Wildman–Crippen LogP) is 5.24. The van der Waals surface area contributed by atoms with Gasteiger partial charge in [-0.05, 0) is 25.0 Å². The molecule has 2 unspecified atom stereocenters. The zero-order valence-corrected chi connectivity index (χ0v) is 20.3. The predicted molar refractivity (Wildman–Crippen MR) is 133 cm³/mol. The fourth-order valence-electron chi connectivity index (χ4n) is 4.34. The lowest BCUT2D eigenvalue weighted by molar-refractivity contribution is -0.0186. The van der Waals surface area contributed by atoms with Crippen LogP contribution in [0.1, 0.15) is 41.5 Å². The van der Waals surface area contributed by atoms with Crippen molar-refractivity contribution in [1.29, 1.82) is 0 Å². The van der Waals surface area contributed by atoms with Crippen molar-refractivity contribution in [2.75, 3.05) is 13.2 Å². The molecule has 1 heterocycles. The Morgan fingerprint density at radius 3 is 1.75 bits per heavy atom. The van der Waals surface area contributed by atoms with E-state index in [4.69, 9.17) is 9.47 Å². The Kier molecular flexibility index (Phi) is 7.97. The van der Waals surface area contributed by atoms with Gasteiger partial charge >= 0.3 is 12.2 Å². The van der Waals surface area contributed by atoms with E-state index in [0.717, 1.165) is 16.1 Å². The van der Waals surface area contributed by atoms with E-state index in [1.165, 1.54) is 5.01 Å². The molecule has 1 saturated heterocycles. The Labute approximate surface area is 210 Å². The highest BCUT2D eigenvalue weighted by atomic mass is 16.6. The Balaban J connectivity index is 1.92. The first-order valence-electron chi connectivity index (χ1n) is 11.9. The summed E-state index contributed by atoms with van der Waals surface area (Å²) in [5.41, 5.74) is 2.05.